The van der Waals surface area contributed by atoms with E-state index in [1.807, 2.05) is 0 Å². The maximum absolute atomic E-state index is 12.1. The predicted octanol–water partition coefficient (Wildman–Crippen LogP) is 4.90. The third-order valence-corrected chi connectivity index (χ3v) is 4.00. The highest BCUT2D eigenvalue weighted by molar-refractivity contribution is 5.94. The zero-order valence-corrected chi connectivity index (χ0v) is 15.1. The zero-order chi connectivity index (χ0) is 19.4. The summed E-state index contributed by atoms with van der Waals surface area (Å²) in [5, 5.41) is 17.7. The van der Waals surface area contributed by atoms with Crippen molar-refractivity contribution in [3.63, 3.8) is 0 Å². The van der Waals surface area contributed by atoms with Crippen LogP contribution in [0.4, 0.5) is 5.69 Å². The lowest BCUT2D eigenvalue weighted by molar-refractivity contribution is 0.0995. The number of carbonyl (C=O) groups excluding carboxylic acids is 1. The second kappa shape index (κ2) is 7.74. The highest BCUT2D eigenvalue weighted by Gasteiger charge is 2.20. The molecule has 1 N–H and O–H groups in total. The van der Waals surface area contributed by atoms with Gasteiger partial charge in [0.1, 0.15) is 5.76 Å². The molecule has 0 spiro atoms. The van der Waals surface area contributed by atoms with Crippen LogP contribution in [0, 0.1) is 6.92 Å². The highest BCUT2D eigenvalue weighted by Crippen LogP contribution is 2.43. The molecule has 0 fully saturated rings. The molecule has 3 aromatic rings. The van der Waals surface area contributed by atoms with Crippen molar-refractivity contribution >= 4 is 11.6 Å². The van der Waals surface area contributed by atoms with Gasteiger partial charge in [0.25, 0.3) is 5.91 Å². The van der Waals surface area contributed by atoms with E-state index in [4.69, 9.17) is 13.9 Å². The minimum Gasteiger partial charge on any atom is -0.493 e. The average Bonchev–Trinajstić information content (AvgIpc) is 2.99. The van der Waals surface area contributed by atoms with Gasteiger partial charge in [0, 0.05) is 16.7 Å². The fraction of sp³-hybridized carbons (Fsp3) is 0.150. The Hall–Kier alpha value is -3.61. The molecule has 7 heteroatoms. The molecule has 0 aliphatic heterocycles. The molecule has 0 atom stereocenters. The zero-order valence-electron chi connectivity index (χ0n) is 15.1. The van der Waals surface area contributed by atoms with Crippen LogP contribution in [0.2, 0.25) is 0 Å². The number of azo groups is 1. The first-order valence-corrected chi connectivity index (χ1v) is 8.11. The lowest BCUT2D eigenvalue weighted by atomic mass is 10.1. The van der Waals surface area contributed by atoms with E-state index in [0.717, 1.165) is 0 Å². The van der Waals surface area contributed by atoms with Crippen molar-refractivity contribution in [1.82, 2.24) is 0 Å². The van der Waals surface area contributed by atoms with E-state index in [2.05, 4.69) is 10.2 Å². The molecular weight excluding hydrogens is 348 g/mol. The average molecular weight is 366 g/mol. The maximum atomic E-state index is 12.1. The van der Waals surface area contributed by atoms with Gasteiger partial charge in [-0.25, -0.2) is 0 Å². The largest absolute Gasteiger partial charge is 0.493 e. The summed E-state index contributed by atoms with van der Waals surface area (Å²) in [4.78, 5) is 12.1. The second-order valence-electron chi connectivity index (χ2n) is 5.65. The number of benzene rings is 2. The van der Waals surface area contributed by atoms with E-state index in [9.17, 15) is 9.90 Å². The van der Waals surface area contributed by atoms with Gasteiger partial charge in [0.05, 0.1) is 14.2 Å². The van der Waals surface area contributed by atoms with E-state index in [0.29, 0.717) is 33.9 Å². The highest BCUT2D eigenvalue weighted by atomic mass is 16.5. The summed E-state index contributed by atoms with van der Waals surface area (Å²) in [6, 6.07) is 13.8. The quantitative estimate of drug-likeness (QED) is 0.648. The van der Waals surface area contributed by atoms with Crippen LogP contribution in [0.15, 0.2) is 63.2 Å². The van der Waals surface area contributed by atoms with Gasteiger partial charge in [-0.1, -0.05) is 18.2 Å². The Morgan fingerprint density at radius 2 is 1.74 bits per heavy atom. The van der Waals surface area contributed by atoms with Gasteiger partial charge in [0.15, 0.2) is 17.2 Å². The van der Waals surface area contributed by atoms with Crippen molar-refractivity contribution in [2.24, 2.45) is 10.2 Å². The molecule has 7 nitrogen and oxygen atoms in total. The number of rotatable bonds is 5. The molecule has 0 radical (unpaired) electrons. The van der Waals surface area contributed by atoms with Crippen LogP contribution in [0.3, 0.4) is 0 Å². The molecule has 1 heterocycles. The normalized spacial score (nSPS) is 10.9. The lowest BCUT2D eigenvalue weighted by Crippen LogP contribution is -1.92. The summed E-state index contributed by atoms with van der Waals surface area (Å²) in [6.07, 6.45) is 0. The Morgan fingerprint density at radius 1 is 1.04 bits per heavy atom. The molecule has 0 bridgehead atoms. The van der Waals surface area contributed by atoms with Gasteiger partial charge in [-0.2, -0.15) is 0 Å². The molecule has 2 aromatic carbocycles. The maximum Gasteiger partial charge on any atom is 0.311 e. The summed E-state index contributed by atoms with van der Waals surface area (Å²) in [5.41, 5.74) is 1.71. The summed E-state index contributed by atoms with van der Waals surface area (Å²) in [7, 11) is 3.08. The fourth-order valence-corrected chi connectivity index (χ4v) is 2.59. The van der Waals surface area contributed by atoms with Gasteiger partial charge < -0.3 is 19.0 Å². The Kier molecular flexibility index (Phi) is 5.21. The van der Waals surface area contributed by atoms with E-state index in [-0.39, 0.29) is 5.69 Å². The van der Waals surface area contributed by atoms with Crippen LogP contribution in [0.25, 0.3) is 11.3 Å². The number of carbonyl (C=O) groups is 1. The van der Waals surface area contributed by atoms with Gasteiger partial charge in [-0.3, -0.25) is 4.79 Å². The number of aromatic hydroxyl groups is 1. The minimum atomic E-state index is -0.511. The van der Waals surface area contributed by atoms with Crippen molar-refractivity contribution in [2.75, 3.05) is 14.2 Å². The van der Waals surface area contributed by atoms with Gasteiger partial charge in [-0.15, -0.1) is 10.2 Å². The number of furan rings is 1. The number of amides is 1. The van der Waals surface area contributed by atoms with Crippen LogP contribution < -0.4 is 9.47 Å². The second-order valence-corrected chi connectivity index (χ2v) is 5.65. The van der Waals surface area contributed by atoms with Gasteiger partial charge in [-0.05, 0) is 37.3 Å². The van der Waals surface area contributed by atoms with E-state index in [1.165, 1.54) is 7.11 Å². The standard InChI is InChI=1S/C20H18N2O5/c1-12-17(21-22-19(23)13-7-5-4-6-8-13)20(24)27-18(12)14-9-10-15(25-2)16(11-14)26-3/h4-11,24H,1-3H3. The summed E-state index contributed by atoms with van der Waals surface area (Å²) >= 11 is 0. The Morgan fingerprint density at radius 3 is 2.41 bits per heavy atom. The molecule has 27 heavy (non-hydrogen) atoms. The third-order valence-electron chi connectivity index (χ3n) is 4.00. The molecular formula is C20H18N2O5. The molecule has 0 unspecified atom stereocenters. The SMILES string of the molecule is COc1ccc(-c2oc(O)c(N=NC(=O)c3ccccc3)c2C)cc1OC. The number of ether oxygens (including phenoxy) is 2. The van der Waals surface area contributed by atoms with Crippen molar-refractivity contribution in [3.8, 4) is 28.8 Å². The number of methoxy groups -OCH3 is 2. The summed E-state index contributed by atoms with van der Waals surface area (Å²) in [5.74, 6) is 0.565. The molecule has 1 amide bonds. The monoisotopic (exact) mass is 366 g/mol. The van der Waals surface area contributed by atoms with Crippen molar-refractivity contribution in [2.45, 2.75) is 6.92 Å². The van der Waals surface area contributed by atoms with Crippen molar-refractivity contribution < 1.29 is 23.8 Å². The molecule has 0 aliphatic rings. The molecule has 0 saturated carbocycles. The molecule has 138 valence electrons. The fourth-order valence-electron chi connectivity index (χ4n) is 2.59. The van der Waals surface area contributed by atoms with Crippen molar-refractivity contribution in [1.29, 1.82) is 0 Å². The van der Waals surface area contributed by atoms with E-state index < -0.39 is 11.9 Å². The molecule has 0 aliphatic carbocycles. The predicted molar refractivity (Wildman–Crippen MR) is 98.9 cm³/mol. The van der Waals surface area contributed by atoms with Crippen LogP contribution >= 0.6 is 0 Å². The smallest absolute Gasteiger partial charge is 0.311 e. The molecule has 0 saturated heterocycles. The first-order valence-electron chi connectivity index (χ1n) is 8.11. The summed E-state index contributed by atoms with van der Waals surface area (Å²) < 4.78 is 15.9. The number of hydrogen-bond donors (Lipinski definition) is 1. The number of nitrogens with zero attached hydrogens (tertiary/aromatic N) is 2. The Labute approximate surface area is 155 Å². The van der Waals surface area contributed by atoms with Crippen molar-refractivity contribution in [3.05, 3.63) is 59.7 Å². The van der Waals surface area contributed by atoms with E-state index >= 15 is 0 Å². The summed E-state index contributed by atoms with van der Waals surface area (Å²) in [6.45, 7) is 1.72. The van der Waals surface area contributed by atoms with Crippen LogP contribution in [-0.4, -0.2) is 25.2 Å². The van der Waals surface area contributed by atoms with Gasteiger partial charge >= 0.3 is 5.95 Å². The van der Waals surface area contributed by atoms with Crippen LogP contribution in [0.1, 0.15) is 15.9 Å². The number of hydrogen-bond acceptors (Lipinski definition) is 6. The van der Waals surface area contributed by atoms with Crippen LogP contribution in [0.5, 0.6) is 17.4 Å². The van der Waals surface area contributed by atoms with Crippen LogP contribution in [-0.2, 0) is 0 Å². The molecule has 1 aromatic heterocycles. The Balaban J connectivity index is 1.93. The van der Waals surface area contributed by atoms with E-state index in [1.54, 1.807) is 62.6 Å². The first-order chi connectivity index (χ1) is 13.0. The molecule has 3 rings (SSSR count). The topological polar surface area (TPSA) is 93.6 Å². The minimum absolute atomic E-state index is 0.101. The Bertz CT molecular complexity index is 993. The third kappa shape index (κ3) is 3.67. The lowest BCUT2D eigenvalue weighted by Gasteiger charge is -2.08. The van der Waals surface area contributed by atoms with Gasteiger partial charge in [0.2, 0.25) is 0 Å². The first kappa shape index (κ1) is 18.2.